The van der Waals surface area contributed by atoms with Crippen molar-refractivity contribution in [1.82, 2.24) is 0 Å². The Morgan fingerprint density at radius 2 is 1.56 bits per heavy atom. The number of hydrogen-bond donors (Lipinski definition) is 0. The van der Waals surface area contributed by atoms with Crippen LogP contribution in [0.25, 0.3) is 0 Å². The van der Waals surface area contributed by atoms with Crippen LogP contribution >= 0.6 is 0 Å². The summed E-state index contributed by atoms with van der Waals surface area (Å²) in [5.74, 6) is 1.03. The molecule has 0 saturated carbocycles. The zero-order valence-corrected chi connectivity index (χ0v) is 8.23. The normalized spacial score (nSPS) is 10.7. The summed E-state index contributed by atoms with van der Waals surface area (Å²) in [6.07, 6.45) is 5.61. The van der Waals surface area contributed by atoms with Crippen LogP contribution in [0.1, 0.15) is 39.5 Å². The van der Waals surface area contributed by atoms with Gasteiger partial charge >= 0.3 is 0 Å². The molecule has 0 bridgehead atoms. The molecule has 55 valence electrons. The molecule has 0 amide bonds. The largest absolute Gasteiger partial charge is 0.0654 e. The van der Waals surface area contributed by atoms with Crippen molar-refractivity contribution in [3.8, 4) is 0 Å². The molecule has 0 spiro atoms. The Kier molecular flexibility index (Phi) is 6.49. The Hall–Kier alpha value is 0.217. The van der Waals surface area contributed by atoms with Crippen molar-refractivity contribution in [3.05, 3.63) is 0 Å². The Bertz CT molecular complexity index is 46.5. The van der Waals surface area contributed by atoms with Gasteiger partial charge in [-0.2, -0.15) is 0 Å². The summed E-state index contributed by atoms with van der Waals surface area (Å²) >= 11 is 0. The summed E-state index contributed by atoms with van der Waals surface area (Å²) in [7, 11) is 2.12. The first-order chi connectivity index (χ1) is 4.35. The molecule has 0 aromatic carbocycles. The Labute approximate surface area is 62.5 Å². The first-order valence-corrected chi connectivity index (χ1v) is 5.14. The van der Waals surface area contributed by atoms with Crippen LogP contribution in [0.2, 0.25) is 6.04 Å². The number of hydrogen-bond acceptors (Lipinski definition) is 0. The standard InChI is InChI=1S/C8H19Si/c1-3-5-8(7-9)6-4-2/h8H,3-7,9H2,1-2H3. The van der Waals surface area contributed by atoms with Crippen molar-refractivity contribution < 1.29 is 0 Å². The zero-order chi connectivity index (χ0) is 7.11. The Morgan fingerprint density at radius 3 is 1.78 bits per heavy atom. The molecule has 0 atom stereocenters. The van der Waals surface area contributed by atoms with Gasteiger partial charge in [-0.25, -0.2) is 0 Å². The van der Waals surface area contributed by atoms with E-state index in [-0.39, 0.29) is 0 Å². The maximum Gasteiger partial charge on any atom is 0.00833 e. The predicted octanol–water partition coefficient (Wildman–Crippen LogP) is 2.25. The molecule has 0 aromatic rings. The molecule has 0 aliphatic carbocycles. The maximum atomic E-state index is 2.28. The monoisotopic (exact) mass is 143 g/mol. The summed E-state index contributed by atoms with van der Waals surface area (Å²) < 4.78 is 0. The van der Waals surface area contributed by atoms with E-state index < -0.39 is 0 Å². The average molecular weight is 143 g/mol. The molecule has 1 radical (unpaired) electrons. The van der Waals surface area contributed by atoms with Crippen LogP contribution in [0.4, 0.5) is 0 Å². The fraction of sp³-hybridized carbons (Fsp3) is 1.00. The van der Waals surface area contributed by atoms with E-state index in [0.29, 0.717) is 0 Å². The quantitative estimate of drug-likeness (QED) is 0.518. The van der Waals surface area contributed by atoms with E-state index in [2.05, 4.69) is 24.1 Å². The van der Waals surface area contributed by atoms with Crippen LogP contribution < -0.4 is 0 Å². The topological polar surface area (TPSA) is 0 Å². The molecule has 0 heterocycles. The minimum absolute atomic E-state index is 1.03. The van der Waals surface area contributed by atoms with Crippen LogP contribution in [0.3, 0.4) is 0 Å². The molecular weight excluding hydrogens is 124 g/mol. The summed E-state index contributed by atoms with van der Waals surface area (Å²) in [5, 5.41) is 0. The SMILES string of the molecule is CCCC(C[SiH2])CCC. The lowest BCUT2D eigenvalue weighted by Crippen LogP contribution is -1.97. The third-order valence-electron chi connectivity index (χ3n) is 1.80. The highest BCUT2D eigenvalue weighted by Gasteiger charge is 2.01. The molecule has 0 saturated heterocycles. The van der Waals surface area contributed by atoms with E-state index in [1.54, 1.807) is 0 Å². The van der Waals surface area contributed by atoms with Gasteiger partial charge in [0, 0.05) is 10.2 Å². The molecular formula is C8H19Si. The van der Waals surface area contributed by atoms with Crippen LogP contribution in [0.5, 0.6) is 0 Å². The van der Waals surface area contributed by atoms with Gasteiger partial charge in [0.15, 0.2) is 0 Å². The second-order valence-corrected chi connectivity index (χ2v) is 3.31. The van der Waals surface area contributed by atoms with Gasteiger partial charge in [-0.3, -0.25) is 0 Å². The molecule has 0 aliphatic heterocycles. The number of rotatable bonds is 5. The first kappa shape index (κ1) is 9.22. The molecule has 0 aromatic heterocycles. The predicted molar refractivity (Wildman–Crippen MR) is 46.7 cm³/mol. The van der Waals surface area contributed by atoms with Crippen molar-refractivity contribution in [2.45, 2.75) is 45.6 Å². The molecule has 0 aliphatic rings. The van der Waals surface area contributed by atoms with Gasteiger partial charge in [-0.1, -0.05) is 45.6 Å². The smallest absolute Gasteiger partial charge is 0.00833 e. The van der Waals surface area contributed by atoms with Crippen molar-refractivity contribution in [3.63, 3.8) is 0 Å². The van der Waals surface area contributed by atoms with E-state index in [1.165, 1.54) is 31.7 Å². The lowest BCUT2D eigenvalue weighted by molar-refractivity contribution is 0.480. The molecule has 0 fully saturated rings. The molecule has 0 unspecified atom stereocenters. The van der Waals surface area contributed by atoms with Gasteiger partial charge in [0.25, 0.3) is 0 Å². The summed E-state index contributed by atoms with van der Waals surface area (Å²) in [5.41, 5.74) is 0. The molecule has 0 nitrogen and oxygen atoms in total. The zero-order valence-electron chi connectivity index (χ0n) is 6.82. The van der Waals surface area contributed by atoms with Crippen LogP contribution in [-0.2, 0) is 0 Å². The maximum absolute atomic E-state index is 2.28. The van der Waals surface area contributed by atoms with Gasteiger partial charge < -0.3 is 0 Å². The van der Waals surface area contributed by atoms with Crippen LogP contribution in [0.15, 0.2) is 0 Å². The minimum atomic E-state index is 1.03. The second-order valence-electron chi connectivity index (χ2n) is 2.73. The van der Waals surface area contributed by atoms with Gasteiger partial charge in [0.05, 0.1) is 0 Å². The molecule has 9 heavy (non-hydrogen) atoms. The fourth-order valence-electron chi connectivity index (χ4n) is 1.25. The second kappa shape index (κ2) is 6.34. The molecule has 1 heteroatoms. The van der Waals surface area contributed by atoms with Crippen LogP contribution in [0, 0.1) is 5.92 Å². The van der Waals surface area contributed by atoms with Gasteiger partial charge in [0.1, 0.15) is 0 Å². The van der Waals surface area contributed by atoms with Gasteiger partial charge in [-0.15, -0.1) is 0 Å². The Balaban J connectivity index is 3.18. The van der Waals surface area contributed by atoms with E-state index in [9.17, 15) is 0 Å². The lowest BCUT2D eigenvalue weighted by atomic mass is 10.0. The fourth-order valence-corrected chi connectivity index (χ4v) is 1.83. The van der Waals surface area contributed by atoms with E-state index in [1.807, 2.05) is 0 Å². The van der Waals surface area contributed by atoms with E-state index in [0.717, 1.165) is 5.92 Å². The average Bonchev–Trinajstić information content (AvgIpc) is 1.88. The molecule has 0 N–H and O–H groups in total. The van der Waals surface area contributed by atoms with Gasteiger partial charge in [0.2, 0.25) is 0 Å². The Morgan fingerprint density at radius 1 is 1.11 bits per heavy atom. The highest BCUT2D eigenvalue weighted by Crippen LogP contribution is 2.15. The highest BCUT2D eigenvalue weighted by atomic mass is 28.1. The summed E-state index contributed by atoms with van der Waals surface area (Å²) in [4.78, 5) is 0. The summed E-state index contributed by atoms with van der Waals surface area (Å²) in [6, 6.07) is 1.40. The van der Waals surface area contributed by atoms with Crippen LogP contribution in [-0.4, -0.2) is 10.2 Å². The first-order valence-electron chi connectivity index (χ1n) is 4.14. The van der Waals surface area contributed by atoms with Crippen molar-refractivity contribution in [1.29, 1.82) is 0 Å². The van der Waals surface area contributed by atoms with Crippen molar-refractivity contribution in [2.75, 3.05) is 0 Å². The lowest BCUT2D eigenvalue weighted by Gasteiger charge is -2.10. The van der Waals surface area contributed by atoms with Crippen molar-refractivity contribution >= 4 is 10.2 Å². The third-order valence-corrected chi connectivity index (χ3v) is 2.62. The van der Waals surface area contributed by atoms with E-state index >= 15 is 0 Å². The third kappa shape index (κ3) is 4.70. The minimum Gasteiger partial charge on any atom is -0.0654 e. The summed E-state index contributed by atoms with van der Waals surface area (Å²) in [6.45, 7) is 4.56. The van der Waals surface area contributed by atoms with Gasteiger partial charge in [-0.05, 0) is 5.92 Å². The highest BCUT2D eigenvalue weighted by molar-refractivity contribution is 6.08. The van der Waals surface area contributed by atoms with E-state index in [4.69, 9.17) is 0 Å². The van der Waals surface area contributed by atoms with Crippen molar-refractivity contribution in [2.24, 2.45) is 5.92 Å². The molecule has 0 rings (SSSR count).